The smallest absolute Gasteiger partial charge is 0.308 e. The average molecular weight is 398 g/mol. The summed E-state index contributed by atoms with van der Waals surface area (Å²) in [6.45, 7) is 7.83. The van der Waals surface area contributed by atoms with Crippen molar-refractivity contribution in [2.45, 2.75) is 65.4 Å². The number of ether oxygens (including phenoxy) is 3. The zero-order chi connectivity index (χ0) is 20.8. The molecule has 0 bridgehead atoms. The summed E-state index contributed by atoms with van der Waals surface area (Å²) in [7, 11) is 0. The first-order valence-corrected chi connectivity index (χ1v) is 10.7. The van der Waals surface area contributed by atoms with Gasteiger partial charge >= 0.3 is 11.9 Å². The third-order valence-electron chi connectivity index (χ3n) is 7.06. The minimum atomic E-state index is -0.297. The molecule has 3 aliphatic carbocycles. The number of aryl methyl sites for hydroxylation is 1. The quantitative estimate of drug-likeness (QED) is 0.550. The predicted octanol–water partition coefficient (Wildman–Crippen LogP) is 4.54. The number of hydrogen-bond donors (Lipinski definition) is 0. The van der Waals surface area contributed by atoms with Crippen molar-refractivity contribution >= 4 is 11.9 Å². The molecule has 5 atom stereocenters. The first kappa shape index (κ1) is 20.1. The normalized spacial score (nSPS) is 32.5. The average Bonchev–Trinajstić information content (AvgIpc) is 2.96. The lowest BCUT2D eigenvalue weighted by Gasteiger charge is -2.53. The number of carbonyl (C=O) groups is 2. The van der Waals surface area contributed by atoms with Crippen LogP contribution in [-0.4, -0.2) is 24.6 Å². The molecule has 0 amide bonds. The highest BCUT2D eigenvalue weighted by Gasteiger charge is 2.57. The van der Waals surface area contributed by atoms with Gasteiger partial charge in [0.25, 0.3) is 0 Å². The second-order valence-corrected chi connectivity index (χ2v) is 8.80. The molecular formula is C24H30O5. The van der Waals surface area contributed by atoms with Crippen LogP contribution in [0, 0.1) is 17.3 Å². The molecule has 0 aliphatic heterocycles. The van der Waals surface area contributed by atoms with E-state index < -0.39 is 0 Å². The Morgan fingerprint density at radius 1 is 1.17 bits per heavy atom. The first-order valence-electron chi connectivity index (χ1n) is 10.7. The molecule has 1 fully saturated rings. The molecule has 3 aliphatic rings. The van der Waals surface area contributed by atoms with Gasteiger partial charge in [-0.25, -0.2) is 0 Å². The number of benzene rings is 1. The van der Waals surface area contributed by atoms with Gasteiger partial charge in [-0.1, -0.05) is 13.0 Å². The van der Waals surface area contributed by atoms with E-state index in [0.29, 0.717) is 30.1 Å². The summed E-state index contributed by atoms with van der Waals surface area (Å²) in [6, 6.07) is 6.03. The Hall–Kier alpha value is -2.14. The Bertz CT molecular complexity index is 857. The molecule has 156 valence electrons. The van der Waals surface area contributed by atoms with Gasteiger partial charge in [0.15, 0.2) is 0 Å². The number of rotatable bonds is 4. The van der Waals surface area contributed by atoms with Gasteiger partial charge in [0.2, 0.25) is 0 Å². The standard InChI is InChI=1S/C24H30O5/c1-5-27-21-13-24(4)20(10-11-22(24)29-15(3)26)19-8-6-16-12-17(28-14(2)25)7-9-18(16)23(19)21/h7,9,11-12,19-21,23H,5-6,8,10,13H2,1-4H3/t19-,20-,21-,23+,24-/m0/s1. The number of fused-ring (bicyclic) bond motifs is 5. The van der Waals surface area contributed by atoms with Crippen LogP contribution in [0.3, 0.4) is 0 Å². The molecule has 29 heavy (non-hydrogen) atoms. The van der Waals surface area contributed by atoms with E-state index in [9.17, 15) is 9.59 Å². The molecule has 0 heterocycles. The third-order valence-corrected chi connectivity index (χ3v) is 7.06. The van der Waals surface area contributed by atoms with E-state index in [2.05, 4.69) is 19.1 Å². The van der Waals surface area contributed by atoms with Crippen LogP contribution in [0.15, 0.2) is 30.0 Å². The van der Waals surface area contributed by atoms with Crippen LogP contribution < -0.4 is 4.74 Å². The lowest BCUT2D eigenvalue weighted by molar-refractivity contribution is -0.141. The van der Waals surface area contributed by atoms with E-state index >= 15 is 0 Å². The lowest BCUT2D eigenvalue weighted by atomic mass is 9.54. The Morgan fingerprint density at radius 2 is 1.93 bits per heavy atom. The monoisotopic (exact) mass is 398 g/mol. The van der Waals surface area contributed by atoms with Crippen molar-refractivity contribution in [3.63, 3.8) is 0 Å². The highest BCUT2D eigenvalue weighted by molar-refractivity contribution is 5.69. The molecule has 0 unspecified atom stereocenters. The van der Waals surface area contributed by atoms with Crippen molar-refractivity contribution in [1.82, 2.24) is 0 Å². The van der Waals surface area contributed by atoms with Crippen LogP contribution in [0.25, 0.3) is 0 Å². The van der Waals surface area contributed by atoms with E-state index in [1.165, 1.54) is 25.0 Å². The molecule has 0 aromatic heterocycles. The van der Waals surface area contributed by atoms with Gasteiger partial charge in [-0.3, -0.25) is 9.59 Å². The third kappa shape index (κ3) is 3.50. The topological polar surface area (TPSA) is 61.8 Å². The predicted molar refractivity (Wildman–Crippen MR) is 108 cm³/mol. The molecule has 4 rings (SSSR count). The van der Waals surface area contributed by atoms with Crippen LogP contribution in [0.4, 0.5) is 0 Å². The van der Waals surface area contributed by atoms with Gasteiger partial charge in [-0.15, -0.1) is 0 Å². The van der Waals surface area contributed by atoms with Gasteiger partial charge in [0, 0.05) is 31.8 Å². The van der Waals surface area contributed by atoms with Gasteiger partial charge in [-0.05, 0) is 73.8 Å². The zero-order valence-corrected chi connectivity index (χ0v) is 17.7. The van der Waals surface area contributed by atoms with Crippen LogP contribution >= 0.6 is 0 Å². The van der Waals surface area contributed by atoms with Crippen LogP contribution in [-0.2, 0) is 25.5 Å². The summed E-state index contributed by atoms with van der Waals surface area (Å²) in [6.07, 6.45) is 6.00. The van der Waals surface area contributed by atoms with Crippen molar-refractivity contribution in [2.24, 2.45) is 17.3 Å². The summed E-state index contributed by atoms with van der Waals surface area (Å²) in [5, 5.41) is 0. The second kappa shape index (κ2) is 7.60. The molecule has 1 aromatic carbocycles. The van der Waals surface area contributed by atoms with E-state index in [-0.39, 0.29) is 23.5 Å². The fourth-order valence-corrected chi connectivity index (χ4v) is 6.06. The van der Waals surface area contributed by atoms with E-state index in [1.54, 1.807) is 0 Å². The second-order valence-electron chi connectivity index (χ2n) is 8.80. The molecule has 0 saturated heterocycles. The fraction of sp³-hybridized carbons (Fsp3) is 0.583. The molecule has 5 nitrogen and oxygen atoms in total. The van der Waals surface area contributed by atoms with Crippen molar-refractivity contribution in [2.75, 3.05) is 6.61 Å². The minimum absolute atomic E-state index is 0.0712. The number of allylic oxidation sites excluding steroid dienone is 2. The Labute approximate surface area is 172 Å². The van der Waals surface area contributed by atoms with Crippen molar-refractivity contribution in [1.29, 1.82) is 0 Å². The Kier molecular flexibility index (Phi) is 5.28. The number of esters is 2. The maximum absolute atomic E-state index is 11.6. The van der Waals surface area contributed by atoms with E-state index in [1.807, 2.05) is 19.1 Å². The Morgan fingerprint density at radius 3 is 2.62 bits per heavy atom. The molecule has 1 aromatic rings. The SMILES string of the molecule is CCO[C@H]1C[C@]2(C)C(OC(C)=O)=CC[C@H]2[C@@H]2CCc3cc(OC(C)=O)ccc3[C@H]21. The fourth-order valence-electron chi connectivity index (χ4n) is 6.06. The van der Waals surface area contributed by atoms with Crippen LogP contribution in [0.2, 0.25) is 0 Å². The van der Waals surface area contributed by atoms with Gasteiger partial charge in [0.1, 0.15) is 11.5 Å². The number of carbonyl (C=O) groups excluding carboxylic acids is 2. The molecule has 0 spiro atoms. The van der Waals surface area contributed by atoms with Crippen molar-refractivity contribution < 1.29 is 23.8 Å². The van der Waals surface area contributed by atoms with Gasteiger partial charge < -0.3 is 14.2 Å². The summed E-state index contributed by atoms with van der Waals surface area (Å²) < 4.78 is 17.2. The summed E-state index contributed by atoms with van der Waals surface area (Å²) in [5.41, 5.74) is 2.41. The maximum atomic E-state index is 11.6. The molecule has 1 saturated carbocycles. The van der Waals surface area contributed by atoms with E-state index in [4.69, 9.17) is 14.2 Å². The molecule has 0 N–H and O–H groups in total. The first-order chi connectivity index (χ1) is 13.8. The molecule has 0 radical (unpaired) electrons. The van der Waals surface area contributed by atoms with Crippen LogP contribution in [0.5, 0.6) is 5.75 Å². The highest BCUT2D eigenvalue weighted by Crippen LogP contribution is 2.62. The van der Waals surface area contributed by atoms with Crippen molar-refractivity contribution in [3.05, 3.63) is 41.2 Å². The zero-order valence-electron chi connectivity index (χ0n) is 17.7. The van der Waals surface area contributed by atoms with Crippen molar-refractivity contribution in [3.8, 4) is 5.75 Å². The van der Waals surface area contributed by atoms with E-state index in [0.717, 1.165) is 31.4 Å². The summed E-state index contributed by atoms with van der Waals surface area (Å²) in [5.74, 6) is 2.13. The maximum Gasteiger partial charge on any atom is 0.308 e. The van der Waals surface area contributed by atoms with Gasteiger partial charge in [-0.2, -0.15) is 0 Å². The minimum Gasteiger partial charge on any atom is -0.431 e. The van der Waals surface area contributed by atoms with Gasteiger partial charge in [0.05, 0.1) is 6.10 Å². The summed E-state index contributed by atoms with van der Waals surface area (Å²) in [4.78, 5) is 23.0. The highest BCUT2D eigenvalue weighted by atomic mass is 16.5. The largest absolute Gasteiger partial charge is 0.431 e. The molecular weight excluding hydrogens is 368 g/mol. The Balaban J connectivity index is 1.69. The molecule has 5 heteroatoms. The summed E-state index contributed by atoms with van der Waals surface area (Å²) >= 11 is 0. The lowest BCUT2D eigenvalue weighted by Crippen LogP contribution is -2.49. The van der Waals surface area contributed by atoms with Crippen LogP contribution in [0.1, 0.15) is 64.0 Å². The number of hydrogen-bond acceptors (Lipinski definition) is 5.